The Morgan fingerprint density at radius 1 is 1.05 bits per heavy atom. The minimum atomic E-state index is -0.359. The Labute approximate surface area is 133 Å². The molecule has 0 aliphatic heterocycles. The van der Waals surface area contributed by atoms with E-state index in [0.717, 1.165) is 10.9 Å². The summed E-state index contributed by atoms with van der Waals surface area (Å²) in [4.78, 5) is 12.1. The van der Waals surface area contributed by atoms with Crippen molar-refractivity contribution in [2.45, 2.75) is 6.54 Å². The summed E-state index contributed by atoms with van der Waals surface area (Å²) in [7, 11) is 0. The fourth-order valence-electron chi connectivity index (χ4n) is 2.08. The molecule has 5 heteroatoms. The molecule has 3 rings (SSSR count). The van der Waals surface area contributed by atoms with E-state index in [1.807, 2.05) is 54.6 Å². The zero-order valence-corrected chi connectivity index (χ0v) is 12.5. The predicted molar refractivity (Wildman–Crippen MR) is 89.6 cm³/mol. The number of hydrogen-bond acceptors (Lipinski definition) is 3. The molecule has 0 saturated heterocycles. The van der Waals surface area contributed by atoms with Gasteiger partial charge in [-0.1, -0.05) is 48.5 Å². The summed E-state index contributed by atoms with van der Waals surface area (Å²) in [6.45, 7) is 0.556. The first kappa shape index (κ1) is 14.3. The minimum Gasteiger partial charge on any atom is -0.451 e. The van der Waals surface area contributed by atoms with Crippen molar-refractivity contribution >= 4 is 34.2 Å². The number of para-hydroxylation sites is 1. The van der Waals surface area contributed by atoms with E-state index in [1.54, 1.807) is 6.07 Å². The van der Waals surface area contributed by atoms with Crippen LogP contribution in [0.5, 0.6) is 0 Å². The Morgan fingerprint density at radius 3 is 2.55 bits per heavy atom. The molecule has 0 bridgehead atoms. The largest absolute Gasteiger partial charge is 0.451 e. The lowest BCUT2D eigenvalue weighted by Crippen LogP contribution is -2.38. The van der Waals surface area contributed by atoms with Crippen LogP contribution in [-0.2, 0) is 6.54 Å². The summed E-state index contributed by atoms with van der Waals surface area (Å²) < 4.78 is 5.49. The quantitative estimate of drug-likeness (QED) is 0.729. The summed E-state index contributed by atoms with van der Waals surface area (Å²) in [6.07, 6.45) is 0. The van der Waals surface area contributed by atoms with Crippen LogP contribution < -0.4 is 10.6 Å². The molecule has 1 aromatic heterocycles. The van der Waals surface area contributed by atoms with E-state index < -0.39 is 0 Å². The van der Waals surface area contributed by atoms with Gasteiger partial charge in [-0.15, -0.1) is 0 Å². The first-order chi connectivity index (χ1) is 10.7. The highest BCUT2D eigenvalue weighted by molar-refractivity contribution is 7.80. The smallest absolute Gasteiger partial charge is 0.293 e. The van der Waals surface area contributed by atoms with E-state index in [-0.39, 0.29) is 16.8 Å². The van der Waals surface area contributed by atoms with Crippen LogP contribution in [0.1, 0.15) is 16.1 Å². The molecule has 0 aliphatic rings. The number of carbonyl (C=O) groups excluding carboxylic acids is 1. The van der Waals surface area contributed by atoms with Gasteiger partial charge in [-0.2, -0.15) is 0 Å². The summed E-state index contributed by atoms with van der Waals surface area (Å²) in [6, 6.07) is 19.0. The van der Waals surface area contributed by atoms with Gasteiger partial charge in [0.1, 0.15) is 5.58 Å². The zero-order valence-electron chi connectivity index (χ0n) is 11.7. The molecule has 0 saturated carbocycles. The fourth-order valence-corrected chi connectivity index (χ4v) is 2.25. The van der Waals surface area contributed by atoms with Gasteiger partial charge in [0.05, 0.1) is 0 Å². The first-order valence-electron chi connectivity index (χ1n) is 6.84. The maximum Gasteiger partial charge on any atom is 0.293 e. The minimum absolute atomic E-state index is 0.241. The van der Waals surface area contributed by atoms with Crippen LogP contribution in [0.3, 0.4) is 0 Å². The number of thiocarbonyl (C=S) groups is 1. The molecular formula is C17H14N2O2S. The number of carbonyl (C=O) groups is 1. The third-order valence-corrected chi connectivity index (χ3v) is 3.42. The van der Waals surface area contributed by atoms with Crippen LogP contribution >= 0.6 is 12.2 Å². The highest BCUT2D eigenvalue weighted by atomic mass is 32.1. The molecule has 0 spiro atoms. The predicted octanol–water partition coefficient (Wildman–Crippen LogP) is 3.24. The highest BCUT2D eigenvalue weighted by Crippen LogP contribution is 2.18. The van der Waals surface area contributed by atoms with Gasteiger partial charge in [0.25, 0.3) is 5.91 Å². The third-order valence-electron chi connectivity index (χ3n) is 3.17. The van der Waals surface area contributed by atoms with E-state index in [2.05, 4.69) is 10.6 Å². The van der Waals surface area contributed by atoms with E-state index in [9.17, 15) is 4.79 Å². The zero-order chi connectivity index (χ0) is 15.4. The van der Waals surface area contributed by atoms with Crippen molar-refractivity contribution in [1.82, 2.24) is 10.6 Å². The number of fused-ring (bicyclic) bond motifs is 1. The first-order valence-corrected chi connectivity index (χ1v) is 7.25. The molecule has 22 heavy (non-hydrogen) atoms. The van der Waals surface area contributed by atoms with Crippen molar-refractivity contribution in [2.75, 3.05) is 0 Å². The summed E-state index contributed by atoms with van der Waals surface area (Å²) >= 11 is 5.13. The van der Waals surface area contributed by atoms with Gasteiger partial charge in [-0.3, -0.25) is 10.1 Å². The number of benzene rings is 2. The number of rotatable bonds is 3. The molecular weight excluding hydrogens is 296 g/mol. The molecule has 0 radical (unpaired) electrons. The number of furan rings is 1. The van der Waals surface area contributed by atoms with E-state index in [0.29, 0.717) is 12.1 Å². The van der Waals surface area contributed by atoms with Crippen molar-refractivity contribution in [3.8, 4) is 0 Å². The Bertz CT molecular complexity index is 779. The second-order valence-electron chi connectivity index (χ2n) is 4.77. The monoisotopic (exact) mass is 310 g/mol. The van der Waals surface area contributed by atoms with Crippen molar-refractivity contribution < 1.29 is 9.21 Å². The Kier molecular flexibility index (Phi) is 4.16. The molecule has 1 amide bonds. The van der Waals surface area contributed by atoms with Gasteiger partial charge in [-0.25, -0.2) is 0 Å². The van der Waals surface area contributed by atoms with Gasteiger partial charge in [0.15, 0.2) is 10.9 Å². The number of nitrogens with one attached hydrogen (secondary N) is 2. The van der Waals surface area contributed by atoms with Gasteiger partial charge >= 0.3 is 0 Å². The van der Waals surface area contributed by atoms with Crippen LogP contribution in [0.25, 0.3) is 11.0 Å². The average Bonchev–Trinajstić information content (AvgIpc) is 2.98. The summed E-state index contributed by atoms with van der Waals surface area (Å²) in [5.74, 6) is -0.119. The standard InChI is InChI=1S/C17H14N2O2S/c20-16(15-10-13-8-4-5-9-14(13)21-15)19-17(22)18-11-12-6-2-1-3-7-12/h1-10H,11H2,(H2,18,19,20,22). The van der Waals surface area contributed by atoms with Crippen LogP contribution in [0, 0.1) is 0 Å². The van der Waals surface area contributed by atoms with Crippen molar-refractivity contribution in [3.05, 3.63) is 72.0 Å². The Morgan fingerprint density at radius 2 is 1.77 bits per heavy atom. The van der Waals surface area contributed by atoms with Crippen LogP contribution in [0.2, 0.25) is 0 Å². The average molecular weight is 310 g/mol. The fraction of sp³-hybridized carbons (Fsp3) is 0.0588. The molecule has 2 aromatic carbocycles. The van der Waals surface area contributed by atoms with E-state index in [4.69, 9.17) is 16.6 Å². The molecule has 0 atom stereocenters. The Hall–Kier alpha value is -2.66. The lowest BCUT2D eigenvalue weighted by atomic mass is 10.2. The second-order valence-corrected chi connectivity index (χ2v) is 5.18. The highest BCUT2D eigenvalue weighted by Gasteiger charge is 2.13. The third kappa shape index (κ3) is 3.32. The summed E-state index contributed by atoms with van der Waals surface area (Å²) in [5.41, 5.74) is 1.76. The molecule has 2 N–H and O–H groups in total. The van der Waals surface area contributed by atoms with E-state index >= 15 is 0 Å². The van der Waals surface area contributed by atoms with Gasteiger partial charge in [0, 0.05) is 11.9 Å². The molecule has 110 valence electrons. The molecule has 0 aliphatic carbocycles. The van der Waals surface area contributed by atoms with E-state index in [1.165, 1.54) is 0 Å². The Balaban J connectivity index is 1.60. The molecule has 4 nitrogen and oxygen atoms in total. The van der Waals surface area contributed by atoms with Crippen LogP contribution in [-0.4, -0.2) is 11.0 Å². The molecule has 0 unspecified atom stereocenters. The van der Waals surface area contributed by atoms with Crippen LogP contribution in [0.4, 0.5) is 0 Å². The van der Waals surface area contributed by atoms with Crippen molar-refractivity contribution in [1.29, 1.82) is 0 Å². The van der Waals surface area contributed by atoms with Crippen molar-refractivity contribution in [2.24, 2.45) is 0 Å². The van der Waals surface area contributed by atoms with Gasteiger partial charge < -0.3 is 9.73 Å². The SMILES string of the molecule is O=C(NC(=S)NCc1ccccc1)c1cc2ccccc2o1. The lowest BCUT2D eigenvalue weighted by Gasteiger charge is -2.08. The van der Waals surface area contributed by atoms with Gasteiger partial charge in [-0.05, 0) is 29.9 Å². The number of hydrogen-bond donors (Lipinski definition) is 2. The van der Waals surface area contributed by atoms with Crippen LogP contribution in [0.15, 0.2) is 65.1 Å². The maximum absolute atomic E-state index is 12.1. The lowest BCUT2D eigenvalue weighted by molar-refractivity contribution is 0.0951. The maximum atomic E-state index is 12.1. The number of amides is 1. The van der Waals surface area contributed by atoms with Crippen molar-refractivity contribution in [3.63, 3.8) is 0 Å². The topological polar surface area (TPSA) is 54.3 Å². The normalized spacial score (nSPS) is 10.4. The van der Waals surface area contributed by atoms with Gasteiger partial charge in [0.2, 0.25) is 0 Å². The summed E-state index contributed by atoms with van der Waals surface area (Å²) in [5, 5.41) is 6.76. The molecule has 3 aromatic rings. The molecule has 0 fully saturated rings. The second kappa shape index (κ2) is 6.41. The molecule has 1 heterocycles.